The van der Waals surface area contributed by atoms with Gasteiger partial charge in [-0.3, -0.25) is 0 Å². The molecule has 1 aliphatic rings. The predicted octanol–water partition coefficient (Wildman–Crippen LogP) is 2.61. The van der Waals surface area contributed by atoms with Gasteiger partial charge in [-0.2, -0.15) is 0 Å². The fourth-order valence-electron chi connectivity index (χ4n) is 2.31. The monoisotopic (exact) mass is 218 g/mol. The van der Waals surface area contributed by atoms with Crippen LogP contribution < -0.4 is 10.2 Å². The molecule has 0 spiro atoms. The molecule has 1 aromatic carbocycles. The summed E-state index contributed by atoms with van der Waals surface area (Å²) in [7, 11) is 2.05. The predicted molar refractivity (Wildman–Crippen MR) is 70.2 cm³/mol. The van der Waals surface area contributed by atoms with Crippen molar-refractivity contribution in [1.82, 2.24) is 5.32 Å². The Hall–Kier alpha value is -1.02. The topological polar surface area (TPSA) is 15.3 Å². The molecule has 0 radical (unpaired) electrons. The van der Waals surface area contributed by atoms with Crippen LogP contribution in [0, 0.1) is 0 Å². The highest BCUT2D eigenvalue weighted by Gasteiger charge is 2.21. The molecule has 0 amide bonds. The molecule has 1 aromatic rings. The average molecular weight is 218 g/mol. The van der Waals surface area contributed by atoms with Crippen molar-refractivity contribution < 1.29 is 0 Å². The van der Waals surface area contributed by atoms with E-state index in [2.05, 4.69) is 55.4 Å². The van der Waals surface area contributed by atoms with Crippen LogP contribution in [0.2, 0.25) is 0 Å². The lowest BCUT2D eigenvalue weighted by atomic mass is 10.0. The van der Waals surface area contributed by atoms with Gasteiger partial charge in [0.1, 0.15) is 0 Å². The summed E-state index contributed by atoms with van der Waals surface area (Å²) < 4.78 is 0. The van der Waals surface area contributed by atoms with E-state index >= 15 is 0 Å². The largest absolute Gasteiger partial charge is 0.370 e. The van der Waals surface area contributed by atoms with E-state index < -0.39 is 0 Å². The van der Waals surface area contributed by atoms with Gasteiger partial charge >= 0.3 is 0 Å². The van der Waals surface area contributed by atoms with Gasteiger partial charge in [0, 0.05) is 24.8 Å². The third kappa shape index (κ3) is 2.38. The first-order valence-corrected chi connectivity index (χ1v) is 6.23. The van der Waals surface area contributed by atoms with Crippen LogP contribution in [0.1, 0.15) is 31.7 Å². The Balaban J connectivity index is 2.12. The second-order valence-electron chi connectivity index (χ2n) is 4.97. The Morgan fingerprint density at radius 2 is 2.19 bits per heavy atom. The third-order valence-electron chi connectivity index (χ3n) is 3.50. The van der Waals surface area contributed by atoms with Crippen LogP contribution in [0.3, 0.4) is 0 Å². The zero-order valence-corrected chi connectivity index (χ0v) is 10.5. The third-order valence-corrected chi connectivity index (χ3v) is 3.50. The van der Waals surface area contributed by atoms with Crippen LogP contribution in [0.5, 0.6) is 0 Å². The summed E-state index contributed by atoms with van der Waals surface area (Å²) in [6.07, 6.45) is 1.25. The number of likely N-dealkylation sites (N-methyl/N-ethyl adjacent to an activating group) is 1. The van der Waals surface area contributed by atoms with Crippen molar-refractivity contribution in [2.24, 2.45) is 0 Å². The number of hydrogen-bond acceptors (Lipinski definition) is 2. The molecule has 0 saturated carbocycles. The smallest absolute Gasteiger partial charge is 0.0369 e. The number of rotatable bonds is 3. The summed E-state index contributed by atoms with van der Waals surface area (Å²) >= 11 is 0. The van der Waals surface area contributed by atoms with Crippen molar-refractivity contribution in [2.75, 3.05) is 25.0 Å². The molecule has 1 atom stereocenters. The first kappa shape index (κ1) is 11.5. The van der Waals surface area contributed by atoms with E-state index in [9.17, 15) is 0 Å². The Morgan fingerprint density at radius 3 is 2.81 bits per heavy atom. The van der Waals surface area contributed by atoms with E-state index in [0.717, 1.165) is 6.54 Å². The van der Waals surface area contributed by atoms with Gasteiger partial charge in [0.05, 0.1) is 0 Å². The summed E-state index contributed by atoms with van der Waals surface area (Å²) in [5, 5.41) is 3.36. The fourth-order valence-corrected chi connectivity index (χ4v) is 2.31. The minimum Gasteiger partial charge on any atom is -0.370 e. The molecule has 1 aliphatic heterocycles. The van der Waals surface area contributed by atoms with E-state index in [1.165, 1.54) is 24.2 Å². The van der Waals surface area contributed by atoms with Crippen LogP contribution in [0.15, 0.2) is 24.3 Å². The summed E-state index contributed by atoms with van der Waals surface area (Å²) in [6, 6.07) is 9.62. The molecule has 1 fully saturated rings. The van der Waals surface area contributed by atoms with Crippen molar-refractivity contribution >= 4 is 5.69 Å². The quantitative estimate of drug-likeness (QED) is 0.839. The second kappa shape index (κ2) is 4.88. The van der Waals surface area contributed by atoms with E-state index in [1.54, 1.807) is 0 Å². The summed E-state index contributed by atoms with van der Waals surface area (Å²) in [6.45, 7) is 6.81. The molecular formula is C14H22N2. The maximum absolute atomic E-state index is 3.36. The minimum atomic E-state index is 0.614. The van der Waals surface area contributed by atoms with Crippen molar-refractivity contribution in [3.8, 4) is 0 Å². The van der Waals surface area contributed by atoms with Crippen LogP contribution in [-0.2, 0) is 0 Å². The Morgan fingerprint density at radius 1 is 1.38 bits per heavy atom. The SMILES string of the molecule is CNC1CCN(c2cccc(C(C)C)c2)C1. The molecule has 2 rings (SSSR count). The van der Waals surface area contributed by atoms with Crippen molar-refractivity contribution in [1.29, 1.82) is 0 Å². The molecule has 16 heavy (non-hydrogen) atoms. The number of nitrogens with one attached hydrogen (secondary N) is 1. The molecule has 88 valence electrons. The Kier molecular flexibility index (Phi) is 3.49. The van der Waals surface area contributed by atoms with E-state index in [4.69, 9.17) is 0 Å². The van der Waals surface area contributed by atoms with Gasteiger partial charge in [0.15, 0.2) is 0 Å². The first-order valence-electron chi connectivity index (χ1n) is 6.23. The molecule has 1 N–H and O–H groups in total. The molecule has 0 aromatic heterocycles. The van der Waals surface area contributed by atoms with Crippen molar-refractivity contribution in [3.05, 3.63) is 29.8 Å². The highest BCUT2D eigenvalue weighted by molar-refractivity contribution is 5.50. The number of nitrogens with zero attached hydrogens (tertiary/aromatic N) is 1. The van der Waals surface area contributed by atoms with Crippen LogP contribution in [-0.4, -0.2) is 26.2 Å². The highest BCUT2D eigenvalue weighted by Crippen LogP contribution is 2.24. The van der Waals surface area contributed by atoms with Crippen LogP contribution in [0.25, 0.3) is 0 Å². The summed E-state index contributed by atoms with van der Waals surface area (Å²) in [4.78, 5) is 2.48. The first-order chi connectivity index (χ1) is 7.70. The summed E-state index contributed by atoms with van der Waals surface area (Å²) in [5.74, 6) is 0.614. The van der Waals surface area contributed by atoms with Gasteiger partial charge in [0.2, 0.25) is 0 Å². The van der Waals surface area contributed by atoms with E-state index in [-0.39, 0.29) is 0 Å². The normalized spacial score (nSPS) is 20.8. The highest BCUT2D eigenvalue weighted by atomic mass is 15.2. The number of benzene rings is 1. The zero-order chi connectivity index (χ0) is 11.5. The van der Waals surface area contributed by atoms with E-state index in [1.807, 2.05) is 0 Å². The Labute approximate surface area is 98.7 Å². The van der Waals surface area contributed by atoms with Gasteiger partial charge < -0.3 is 10.2 Å². The molecule has 1 heterocycles. The molecular weight excluding hydrogens is 196 g/mol. The summed E-state index contributed by atoms with van der Waals surface area (Å²) in [5.41, 5.74) is 2.81. The van der Waals surface area contributed by atoms with Crippen molar-refractivity contribution in [2.45, 2.75) is 32.2 Å². The molecule has 0 aliphatic carbocycles. The second-order valence-corrected chi connectivity index (χ2v) is 4.97. The maximum atomic E-state index is 3.36. The number of anilines is 1. The molecule has 2 heteroatoms. The van der Waals surface area contributed by atoms with Gasteiger partial charge in [-0.1, -0.05) is 26.0 Å². The van der Waals surface area contributed by atoms with Gasteiger partial charge in [-0.15, -0.1) is 0 Å². The van der Waals surface area contributed by atoms with Gasteiger partial charge in [0.25, 0.3) is 0 Å². The Bertz CT molecular complexity index is 346. The van der Waals surface area contributed by atoms with Crippen LogP contribution >= 0.6 is 0 Å². The standard InChI is InChI=1S/C14H22N2/c1-11(2)12-5-4-6-14(9-12)16-8-7-13(10-16)15-3/h4-6,9,11,13,15H,7-8,10H2,1-3H3. The lowest BCUT2D eigenvalue weighted by molar-refractivity contribution is 0.617. The van der Waals surface area contributed by atoms with Crippen LogP contribution in [0.4, 0.5) is 5.69 Å². The molecule has 0 bridgehead atoms. The zero-order valence-electron chi connectivity index (χ0n) is 10.5. The fraction of sp³-hybridized carbons (Fsp3) is 0.571. The maximum Gasteiger partial charge on any atom is 0.0369 e. The minimum absolute atomic E-state index is 0.614. The van der Waals surface area contributed by atoms with Gasteiger partial charge in [-0.05, 0) is 37.1 Å². The van der Waals surface area contributed by atoms with E-state index in [0.29, 0.717) is 12.0 Å². The average Bonchev–Trinajstić information content (AvgIpc) is 2.77. The lowest BCUT2D eigenvalue weighted by Gasteiger charge is -2.20. The molecule has 2 nitrogen and oxygen atoms in total. The van der Waals surface area contributed by atoms with Gasteiger partial charge in [-0.25, -0.2) is 0 Å². The van der Waals surface area contributed by atoms with Crippen molar-refractivity contribution in [3.63, 3.8) is 0 Å². The lowest BCUT2D eigenvalue weighted by Crippen LogP contribution is -2.29. The molecule has 1 unspecified atom stereocenters. The number of hydrogen-bond donors (Lipinski definition) is 1. The molecule has 1 saturated heterocycles.